The highest BCUT2D eigenvalue weighted by molar-refractivity contribution is 6.32. The summed E-state index contributed by atoms with van der Waals surface area (Å²) < 4.78 is 10.6. The molecular formula is C18H18ClNO5. The molecular weight excluding hydrogens is 346 g/mol. The summed E-state index contributed by atoms with van der Waals surface area (Å²) >= 11 is 6.07. The van der Waals surface area contributed by atoms with E-state index in [0.29, 0.717) is 16.5 Å². The third kappa shape index (κ3) is 4.87. The fourth-order valence-corrected chi connectivity index (χ4v) is 2.47. The Balaban J connectivity index is 1.96. The first-order chi connectivity index (χ1) is 11.9. The minimum absolute atomic E-state index is 0.0209. The summed E-state index contributed by atoms with van der Waals surface area (Å²) in [6.45, 7) is 2.35. The number of carbonyl (C=O) groups excluding carboxylic acids is 1. The van der Waals surface area contributed by atoms with E-state index in [1.165, 1.54) is 25.3 Å². The van der Waals surface area contributed by atoms with E-state index in [2.05, 4.69) is 5.32 Å². The molecule has 0 bridgehead atoms. The largest absolute Gasteiger partial charge is 0.497 e. The Morgan fingerprint density at radius 2 is 1.92 bits per heavy atom. The van der Waals surface area contributed by atoms with Crippen LogP contribution in [0.1, 0.15) is 26.3 Å². The SMILES string of the molecule is COc1cc(C(=O)O)cc(C(=O)NCCOc2c(C)cccc2Cl)c1. The molecule has 0 aromatic heterocycles. The number of hydrogen-bond acceptors (Lipinski definition) is 4. The molecule has 0 spiro atoms. The lowest BCUT2D eigenvalue weighted by atomic mass is 10.1. The molecule has 0 saturated heterocycles. The molecule has 132 valence electrons. The zero-order valence-electron chi connectivity index (χ0n) is 13.8. The van der Waals surface area contributed by atoms with Crippen LogP contribution in [0.15, 0.2) is 36.4 Å². The fourth-order valence-electron chi connectivity index (χ4n) is 2.19. The van der Waals surface area contributed by atoms with E-state index in [1.807, 2.05) is 19.1 Å². The number of benzene rings is 2. The molecule has 0 aliphatic rings. The summed E-state index contributed by atoms with van der Waals surface area (Å²) in [4.78, 5) is 23.3. The van der Waals surface area contributed by atoms with E-state index in [9.17, 15) is 9.59 Å². The number of carbonyl (C=O) groups is 2. The summed E-state index contributed by atoms with van der Waals surface area (Å²) in [5, 5.41) is 12.3. The molecule has 0 heterocycles. The van der Waals surface area contributed by atoms with Crippen molar-refractivity contribution < 1.29 is 24.2 Å². The number of amides is 1. The van der Waals surface area contributed by atoms with Crippen LogP contribution >= 0.6 is 11.6 Å². The van der Waals surface area contributed by atoms with Gasteiger partial charge in [-0.3, -0.25) is 4.79 Å². The van der Waals surface area contributed by atoms with E-state index in [1.54, 1.807) is 6.07 Å². The lowest BCUT2D eigenvalue weighted by Gasteiger charge is -2.12. The van der Waals surface area contributed by atoms with Crippen LogP contribution in [0.2, 0.25) is 5.02 Å². The average molecular weight is 364 g/mol. The predicted octanol–water partition coefficient (Wildman–Crippen LogP) is 3.16. The van der Waals surface area contributed by atoms with Crippen LogP contribution in [0.4, 0.5) is 0 Å². The number of aryl methyl sites for hydroxylation is 1. The average Bonchev–Trinajstić information content (AvgIpc) is 2.59. The first-order valence-electron chi connectivity index (χ1n) is 7.51. The molecule has 0 saturated carbocycles. The van der Waals surface area contributed by atoms with E-state index in [4.69, 9.17) is 26.2 Å². The van der Waals surface area contributed by atoms with Gasteiger partial charge in [-0.15, -0.1) is 0 Å². The smallest absolute Gasteiger partial charge is 0.335 e. The monoisotopic (exact) mass is 363 g/mol. The summed E-state index contributed by atoms with van der Waals surface area (Å²) in [6.07, 6.45) is 0. The number of ether oxygens (including phenoxy) is 2. The van der Waals surface area contributed by atoms with Gasteiger partial charge in [-0.25, -0.2) is 4.79 Å². The van der Waals surface area contributed by atoms with Crippen molar-refractivity contribution in [3.63, 3.8) is 0 Å². The van der Waals surface area contributed by atoms with Crippen molar-refractivity contribution in [3.8, 4) is 11.5 Å². The Morgan fingerprint density at radius 1 is 1.20 bits per heavy atom. The second kappa shape index (κ2) is 8.39. The Morgan fingerprint density at radius 3 is 2.56 bits per heavy atom. The van der Waals surface area contributed by atoms with Crippen LogP contribution in [-0.2, 0) is 0 Å². The molecule has 2 aromatic rings. The topological polar surface area (TPSA) is 84.9 Å². The van der Waals surface area contributed by atoms with Crippen LogP contribution in [0.25, 0.3) is 0 Å². The Hall–Kier alpha value is -2.73. The number of rotatable bonds is 7. The van der Waals surface area contributed by atoms with Crippen LogP contribution in [0.3, 0.4) is 0 Å². The zero-order valence-corrected chi connectivity index (χ0v) is 14.6. The van der Waals surface area contributed by atoms with Gasteiger partial charge in [0.2, 0.25) is 0 Å². The number of hydrogen-bond donors (Lipinski definition) is 2. The first kappa shape index (κ1) is 18.6. The number of carboxylic acid groups (broad SMARTS) is 1. The molecule has 2 aromatic carbocycles. The van der Waals surface area contributed by atoms with Gasteiger partial charge in [-0.05, 0) is 36.8 Å². The number of halogens is 1. The minimum atomic E-state index is -1.13. The van der Waals surface area contributed by atoms with E-state index < -0.39 is 11.9 Å². The Kier molecular flexibility index (Phi) is 6.25. The maximum atomic E-state index is 12.2. The molecule has 1 amide bonds. The molecule has 0 unspecified atom stereocenters. The van der Waals surface area contributed by atoms with Crippen LogP contribution in [0.5, 0.6) is 11.5 Å². The second-order valence-electron chi connectivity index (χ2n) is 5.25. The summed E-state index contributed by atoms with van der Waals surface area (Å²) in [6, 6.07) is 9.55. The number of para-hydroxylation sites is 1. The second-order valence-corrected chi connectivity index (χ2v) is 5.65. The summed E-state index contributed by atoms with van der Waals surface area (Å²) in [5.41, 5.74) is 1.08. The van der Waals surface area contributed by atoms with E-state index >= 15 is 0 Å². The van der Waals surface area contributed by atoms with Crippen LogP contribution in [-0.4, -0.2) is 37.2 Å². The molecule has 0 radical (unpaired) electrons. The van der Waals surface area contributed by atoms with Gasteiger partial charge in [0.15, 0.2) is 0 Å². The molecule has 25 heavy (non-hydrogen) atoms. The maximum Gasteiger partial charge on any atom is 0.335 e. The lowest BCUT2D eigenvalue weighted by molar-refractivity contribution is 0.0696. The van der Waals surface area contributed by atoms with Gasteiger partial charge in [0.05, 0.1) is 24.2 Å². The molecule has 2 N–H and O–H groups in total. The normalized spacial score (nSPS) is 10.2. The summed E-state index contributed by atoms with van der Waals surface area (Å²) in [7, 11) is 1.41. The number of aromatic carboxylic acids is 1. The first-order valence-corrected chi connectivity index (χ1v) is 7.88. The highest BCUT2D eigenvalue weighted by atomic mass is 35.5. The molecule has 0 atom stereocenters. The maximum absolute atomic E-state index is 12.2. The van der Waals surface area contributed by atoms with Crippen molar-refractivity contribution in [2.45, 2.75) is 6.92 Å². The fraction of sp³-hybridized carbons (Fsp3) is 0.222. The van der Waals surface area contributed by atoms with Crippen molar-refractivity contribution in [2.24, 2.45) is 0 Å². The molecule has 6 nitrogen and oxygen atoms in total. The third-order valence-electron chi connectivity index (χ3n) is 3.45. The van der Waals surface area contributed by atoms with Gasteiger partial charge in [0.1, 0.15) is 18.1 Å². The van der Waals surface area contributed by atoms with Crippen molar-refractivity contribution in [3.05, 3.63) is 58.1 Å². The Labute approximate surface area is 150 Å². The van der Waals surface area contributed by atoms with Crippen molar-refractivity contribution >= 4 is 23.5 Å². The quantitative estimate of drug-likeness (QED) is 0.738. The number of methoxy groups -OCH3 is 1. The van der Waals surface area contributed by atoms with Crippen LogP contribution in [0, 0.1) is 6.92 Å². The highest BCUT2D eigenvalue weighted by Crippen LogP contribution is 2.27. The summed E-state index contributed by atoms with van der Waals surface area (Å²) in [5.74, 6) is -0.674. The molecule has 7 heteroatoms. The van der Waals surface area contributed by atoms with E-state index in [-0.39, 0.29) is 24.3 Å². The lowest BCUT2D eigenvalue weighted by Crippen LogP contribution is -2.28. The minimum Gasteiger partial charge on any atom is -0.497 e. The van der Waals surface area contributed by atoms with Crippen LogP contribution < -0.4 is 14.8 Å². The number of nitrogens with one attached hydrogen (secondary N) is 1. The van der Waals surface area contributed by atoms with E-state index in [0.717, 1.165) is 5.56 Å². The standard InChI is InChI=1S/C18H18ClNO5/c1-11-4-3-5-15(19)16(11)25-7-6-20-17(21)12-8-13(18(22)23)10-14(9-12)24-2/h3-5,8-10H,6-7H2,1-2H3,(H,20,21)(H,22,23). The van der Waals surface area contributed by atoms with Gasteiger partial charge in [0.25, 0.3) is 5.91 Å². The highest BCUT2D eigenvalue weighted by Gasteiger charge is 2.13. The third-order valence-corrected chi connectivity index (χ3v) is 3.75. The zero-order chi connectivity index (χ0) is 18.4. The van der Waals surface area contributed by atoms with Gasteiger partial charge in [-0.1, -0.05) is 23.7 Å². The van der Waals surface area contributed by atoms with Gasteiger partial charge in [0, 0.05) is 5.56 Å². The van der Waals surface area contributed by atoms with Crippen molar-refractivity contribution in [1.82, 2.24) is 5.32 Å². The molecule has 0 aliphatic carbocycles. The van der Waals surface area contributed by atoms with Gasteiger partial charge >= 0.3 is 5.97 Å². The van der Waals surface area contributed by atoms with Crippen molar-refractivity contribution in [2.75, 3.05) is 20.3 Å². The number of carboxylic acids is 1. The van der Waals surface area contributed by atoms with Crippen molar-refractivity contribution in [1.29, 1.82) is 0 Å². The Bertz CT molecular complexity index is 771. The molecule has 0 aliphatic heterocycles. The predicted molar refractivity (Wildman–Crippen MR) is 94.0 cm³/mol. The van der Waals surface area contributed by atoms with Gasteiger partial charge < -0.3 is 19.9 Å². The molecule has 0 fully saturated rings. The molecule has 2 rings (SSSR count). The van der Waals surface area contributed by atoms with Gasteiger partial charge in [-0.2, -0.15) is 0 Å².